The van der Waals surface area contributed by atoms with E-state index in [9.17, 15) is 23.5 Å². The third-order valence-electron chi connectivity index (χ3n) is 6.96. The first-order chi connectivity index (χ1) is 15.2. The lowest BCUT2D eigenvalue weighted by molar-refractivity contribution is -0.799. The van der Waals surface area contributed by atoms with Crippen molar-refractivity contribution < 1.29 is 27.6 Å². The molecule has 3 N–H and O–H groups in total. The molecule has 32 heavy (non-hydrogen) atoms. The van der Waals surface area contributed by atoms with Gasteiger partial charge in [0.25, 0.3) is 0 Å². The topological polar surface area (TPSA) is 85.3 Å². The quantitative estimate of drug-likeness (QED) is 0.479. The highest BCUT2D eigenvalue weighted by molar-refractivity contribution is 5.93. The highest BCUT2D eigenvalue weighted by Gasteiger charge is 2.58. The second-order valence-corrected chi connectivity index (χ2v) is 8.72. The predicted molar refractivity (Wildman–Crippen MR) is 111 cm³/mol. The summed E-state index contributed by atoms with van der Waals surface area (Å²) in [6, 6.07) is 5.76. The van der Waals surface area contributed by atoms with Gasteiger partial charge in [-0.15, -0.1) is 0 Å². The van der Waals surface area contributed by atoms with Crippen LogP contribution in [0.4, 0.5) is 13.2 Å². The van der Waals surface area contributed by atoms with E-state index in [0.717, 1.165) is 54.9 Å². The minimum absolute atomic E-state index is 0.100. The molecule has 2 aromatic carbocycles. The Morgan fingerprint density at radius 2 is 1.94 bits per heavy atom. The normalized spacial score (nSPS) is 24.4. The Bertz CT molecular complexity index is 1340. The minimum Gasteiger partial charge on any atom is -0.477 e. The average Bonchev–Trinajstić information content (AvgIpc) is 3.26. The SMILES string of the molecule is NCC1C[N+]12CCC(c1cc3c(cc1F)c(=O)c(C(=O)O)cn3-c1ccc(F)cc1F)C2. The fourth-order valence-corrected chi connectivity index (χ4v) is 5.16. The molecule has 2 aliphatic rings. The third-order valence-corrected chi connectivity index (χ3v) is 6.96. The van der Waals surface area contributed by atoms with Crippen molar-refractivity contribution in [3.05, 3.63) is 75.3 Å². The molecule has 0 radical (unpaired) electrons. The number of carboxylic acids is 1. The summed E-state index contributed by atoms with van der Waals surface area (Å²) in [7, 11) is 0. The average molecular weight is 444 g/mol. The van der Waals surface area contributed by atoms with E-state index >= 15 is 4.39 Å². The number of hydrogen-bond donors (Lipinski definition) is 2. The van der Waals surface area contributed by atoms with E-state index in [1.54, 1.807) is 0 Å². The molecule has 3 unspecified atom stereocenters. The number of aromatic carboxylic acids is 1. The summed E-state index contributed by atoms with van der Waals surface area (Å²) in [4.78, 5) is 24.4. The van der Waals surface area contributed by atoms with Crippen LogP contribution in [0, 0.1) is 17.5 Å². The van der Waals surface area contributed by atoms with Gasteiger partial charge < -0.3 is 19.9 Å². The monoisotopic (exact) mass is 444 g/mol. The Morgan fingerprint density at radius 1 is 1.16 bits per heavy atom. The van der Waals surface area contributed by atoms with Crippen molar-refractivity contribution in [1.82, 2.24) is 4.57 Å². The molecule has 2 aliphatic heterocycles. The van der Waals surface area contributed by atoms with E-state index in [4.69, 9.17) is 5.73 Å². The number of pyridine rings is 1. The first-order valence-corrected chi connectivity index (χ1v) is 10.4. The van der Waals surface area contributed by atoms with Gasteiger partial charge in [-0.2, -0.15) is 0 Å². The van der Waals surface area contributed by atoms with Gasteiger partial charge in [0.05, 0.1) is 30.8 Å². The van der Waals surface area contributed by atoms with Crippen molar-refractivity contribution in [3.8, 4) is 5.69 Å². The van der Waals surface area contributed by atoms with Crippen LogP contribution >= 0.6 is 0 Å². The van der Waals surface area contributed by atoms with E-state index < -0.39 is 34.4 Å². The molecule has 5 rings (SSSR count). The number of carboxylic acid groups (broad SMARTS) is 1. The lowest BCUT2D eigenvalue weighted by atomic mass is 9.95. The van der Waals surface area contributed by atoms with Gasteiger partial charge in [0, 0.05) is 30.0 Å². The van der Waals surface area contributed by atoms with Gasteiger partial charge in [0.2, 0.25) is 5.43 Å². The van der Waals surface area contributed by atoms with Gasteiger partial charge in [-0.05, 0) is 29.8 Å². The van der Waals surface area contributed by atoms with Crippen LogP contribution in [0.2, 0.25) is 0 Å². The second kappa shape index (κ2) is 7.18. The molecular formula is C23H21F3N3O3+. The molecule has 3 aromatic rings. The van der Waals surface area contributed by atoms with Crippen LogP contribution in [0.15, 0.2) is 41.3 Å². The number of nitrogens with zero attached hydrogens (tertiary/aromatic N) is 2. The number of rotatable bonds is 4. The van der Waals surface area contributed by atoms with E-state index in [1.807, 2.05) is 0 Å². The van der Waals surface area contributed by atoms with Crippen molar-refractivity contribution >= 4 is 16.9 Å². The van der Waals surface area contributed by atoms with E-state index in [1.165, 1.54) is 10.6 Å². The lowest BCUT2D eigenvalue weighted by Gasteiger charge is -2.17. The number of nitrogens with two attached hydrogens (primary N) is 1. The summed E-state index contributed by atoms with van der Waals surface area (Å²) >= 11 is 0. The molecule has 1 aromatic heterocycles. The van der Waals surface area contributed by atoms with Crippen molar-refractivity contribution in [1.29, 1.82) is 0 Å². The standard InChI is InChI=1S/C23H20F3N3O3/c24-13-1-2-20(19(26)5-13)28-9-17(23(31)32)22(30)16-6-18(25)15(7-21(16)28)12-3-4-29(10-12)11-14(29)8-27/h1-2,5-7,9,12,14H,3-4,8,10-11,27H2/p+1. The molecule has 0 amide bonds. The van der Waals surface area contributed by atoms with Crippen LogP contribution in [-0.2, 0) is 0 Å². The first kappa shape index (κ1) is 20.7. The predicted octanol–water partition coefficient (Wildman–Crippen LogP) is 2.75. The molecular weight excluding hydrogens is 423 g/mol. The van der Waals surface area contributed by atoms with E-state index in [0.29, 0.717) is 24.2 Å². The highest BCUT2D eigenvalue weighted by atomic mass is 19.1. The van der Waals surface area contributed by atoms with Gasteiger partial charge in [-0.1, -0.05) is 0 Å². The van der Waals surface area contributed by atoms with Gasteiger partial charge in [-0.3, -0.25) is 4.79 Å². The Labute approximate surface area is 180 Å². The summed E-state index contributed by atoms with van der Waals surface area (Å²) < 4.78 is 45.2. The van der Waals surface area contributed by atoms with Gasteiger partial charge in [-0.25, -0.2) is 18.0 Å². The van der Waals surface area contributed by atoms with Gasteiger partial charge in [0.1, 0.15) is 29.6 Å². The third kappa shape index (κ3) is 3.11. The maximum Gasteiger partial charge on any atom is 0.341 e. The van der Waals surface area contributed by atoms with Gasteiger partial charge in [0.15, 0.2) is 6.04 Å². The summed E-state index contributed by atoms with van der Waals surface area (Å²) in [5.41, 5.74) is 4.74. The minimum atomic E-state index is -1.52. The van der Waals surface area contributed by atoms with Crippen LogP contribution in [0.3, 0.4) is 0 Å². The molecule has 166 valence electrons. The number of halogens is 3. The largest absolute Gasteiger partial charge is 0.477 e. The van der Waals surface area contributed by atoms with E-state index in [-0.39, 0.29) is 22.5 Å². The zero-order valence-electron chi connectivity index (χ0n) is 17.0. The maximum absolute atomic E-state index is 15.2. The van der Waals surface area contributed by atoms with Gasteiger partial charge >= 0.3 is 5.97 Å². The smallest absolute Gasteiger partial charge is 0.341 e. The molecule has 2 fully saturated rings. The van der Waals surface area contributed by atoms with E-state index in [2.05, 4.69) is 0 Å². The summed E-state index contributed by atoms with van der Waals surface area (Å²) in [5.74, 6) is -3.95. The Kier molecular flexibility index (Phi) is 4.65. The summed E-state index contributed by atoms with van der Waals surface area (Å²) in [6.07, 6.45) is 1.75. The van der Waals surface area contributed by atoms with Crippen LogP contribution in [0.25, 0.3) is 16.6 Å². The number of fused-ring (bicyclic) bond motifs is 1. The van der Waals surface area contributed by atoms with Crippen LogP contribution in [0.1, 0.15) is 28.3 Å². The zero-order valence-corrected chi connectivity index (χ0v) is 17.0. The Hall–Kier alpha value is -3.17. The molecule has 2 saturated heterocycles. The number of benzene rings is 2. The van der Waals surface area contributed by atoms with Crippen LogP contribution in [-0.4, -0.2) is 52.3 Å². The second-order valence-electron chi connectivity index (χ2n) is 8.72. The summed E-state index contributed by atoms with van der Waals surface area (Å²) in [5, 5.41) is 9.27. The van der Waals surface area contributed by atoms with Crippen LogP contribution in [0.5, 0.6) is 0 Å². The zero-order chi connectivity index (χ0) is 22.8. The number of aromatic nitrogens is 1. The number of carbonyl (C=O) groups is 1. The van der Waals surface area contributed by atoms with Crippen LogP contribution < -0.4 is 11.2 Å². The molecule has 1 spiro atoms. The molecule has 6 nitrogen and oxygen atoms in total. The lowest BCUT2D eigenvalue weighted by Crippen LogP contribution is -2.29. The fraction of sp³-hybridized carbons (Fsp3) is 0.304. The van der Waals surface area contributed by atoms with Crippen molar-refractivity contribution in [2.24, 2.45) is 5.73 Å². The fourth-order valence-electron chi connectivity index (χ4n) is 5.16. The molecule has 9 heteroatoms. The first-order valence-electron chi connectivity index (χ1n) is 10.4. The molecule has 0 aliphatic carbocycles. The molecule has 3 atom stereocenters. The van der Waals surface area contributed by atoms with Crippen molar-refractivity contribution in [3.63, 3.8) is 0 Å². The molecule has 3 heterocycles. The Balaban J connectivity index is 1.71. The van der Waals surface area contributed by atoms with Crippen molar-refractivity contribution in [2.75, 3.05) is 26.2 Å². The Morgan fingerprint density at radius 3 is 2.59 bits per heavy atom. The highest BCUT2D eigenvalue weighted by Crippen LogP contribution is 2.43. The summed E-state index contributed by atoms with van der Waals surface area (Å²) in [6.45, 7) is 3.16. The maximum atomic E-state index is 15.2. The molecule has 0 saturated carbocycles. The number of hydrogen-bond acceptors (Lipinski definition) is 3. The number of quaternary nitrogens is 1. The molecule has 0 bridgehead atoms. The van der Waals surface area contributed by atoms with Crippen molar-refractivity contribution in [2.45, 2.75) is 18.4 Å².